The lowest BCUT2D eigenvalue weighted by molar-refractivity contribution is -0.117. The van der Waals surface area contributed by atoms with E-state index in [2.05, 4.69) is 5.32 Å². The number of phenols is 1. The van der Waals surface area contributed by atoms with Crippen LogP contribution in [-0.4, -0.2) is 16.9 Å². The van der Waals surface area contributed by atoms with Crippen LogP contribution in [0.15, 0.2) is 48.5 Å². The number of carbonyl (C=O) groups is 2. The molecule has 0 bridgehead atoms. The standard InChI is InChI=1S/C15H14N2O3/c16-14(19)8-10-4-6-12(7-5-10)17-15(20)11-2-1-3-13(18)9-11/h1-7,9,18H,8H2,(H2,16,19)(H,17,20). The Morgan fingerprint density at radius 3 is 2.40 bits per heavy atom. The van der Waals surface area contributed by atoms with Crippen molar-refractivity contribution in [2.75, 3.05) is 5.32 Å². The van der Waals surface area contributed by atoms with Gasteiger partial charge in [0.15, 0.2) is 0 Å². The summed E-state index contributed by atoms with van der Waals surface area (Å²) in [5.41, 5.74) is 6.86. The fourth-order valence-corrected chi connectivity index (χ4v) is 1.76. The first kappa shape index (κ1) is 13.6. The smallest absolute Gasteiger partial charge is 0.255 e. The Morgan fingerprint density at radius 2 is 1.80 bits per heavy atom. The van der Waals surface area contributed by atoms with Gasteiger partial charge >= 0.3 is 0 Å². The molecule has 5 nitrogen and oxygen atoms in total. The van der Waals surface area contributed by atoms with Crippen LogP contribution in [0.1, 0.15) is 15.9 Å². The molecule has 0 saturated heterocycles. The molecule has 2 aromatic carbocycles. The van der Waals surface area contributed by atoms with Crippen molar-refractivity contribution in [2.45, 2.75) is 6.42 Å². The summed E-state index contributed by atoms with van der Waals surface area (Å²) in [5, 5.41) is 12.0. The molecule has 0 aliphatic carbocycles. The third kappa shape index (κ3) is 3.58. The fourth-order valence-electron chi connectivity index (χ4n) is 1.76. The Hall–Kier alpha value is -2.82. The van der Waals surface area contributed by atoms with Gasteiger partial charge in [0.05, 0.1) is 6.42 Å². The van der Waals surface area contributed by atoms with E-state index in [1.54, 1.807) is 36.4 Å². The van der Waals surface area contributed by atoms with Gasteiger partial charge in [-0.05, 0) is 35.9 Å². The van der Waals surface area contributed by atoms with Crippen LogP contribution in [0.25, 0.3) is 0 Å². The minimum atomic E-state index is -0.401. The van der Waals surface area contributed by atoms with Crippen molar-refractivity contribution >= 4 is 17.5 Å². The van der Waals surface area contributed by atoms with Crippen molar-refractivity contribution < 1.29 is 14.7 Å². The van der Waals surface area contributed by atoms with E-state index >= 15 is 0 Å². The number of phenolic OH excluding ortho intramolecular Hbond substituents is 1. The van der Waals surface area contributed by atoms with Crippen LogP contribution < -0.4 is 11.1 Å². The summed E-state index contributed by atoms with van der Waals surface area (Å²) in [6.45, 7) is 0. The minimum absolute atomic E-state index is 0.0365. The average molecular weight is 270 g/mol. The largest absolute Gasteiger partial charge is 0.508 e. The van der Waals surface area contributed by atoms with E-state index < -0.39 is 5.91 Å². The molecule has 0 heterocycles. The van der Waals surface area contributed by atoms with Gasteiger partial charge in [0.1, 0.15) is 5.75 Å². The van der Waals surface area contributed by atoms with Crippen LogP contribution in [0, 0.1) is 0 Å². The first-order valence-corrected chi connectivity index (χ1v) is 6.02. The van der Waals surface area contributed by atoms with E-state index in [9.17, 15) is 14.7 Å². The number of hydrogen-bond donors (Lipinski definition) is 3. The number of anilines is 1. The number of amides is 2. The number of hydrogen-bond acceptors (Lipinski definition) is 3. The highest BCUT2D eigenvalue weighted by atomic mass is 16.3. The van der Waals surface area contributed by atoms with Crippen molar-refractivity contribution in [2.24, 2.45) is 5.73 Å². The lowest BCUT2D eigenvalue weighted by Crippen LogP contribution is -2.14. The third-order valence-corrected chi connectivity index (χ3v) is 2.70. The molecule has 2 rings (SSSR count). The van der Waals surface area contributed by atoms with E-state index in [0.29, 0.717) is 11.3 Å². The van der Waals surface area contributed by atoms with Gasteiger partial charge in [-0.2, -0.15) is 0 Å². The average Bonchev–Trinajstić information content (AvgIpc) is 2.40. The minimum Gasteiger partial charge on any atom is -0.508 e. The van der Waals surface area contributed by atoms with Gasteiger partial charge in [0.2, 0.25) is 5.91 Å². The van der Waals surface area contributed by atoms with Gasteiger partial charge in [-0.1, -0.05) is 18.2 Å². The summed E-state index contributed by atoms with van der Waals surface area (Å²) in [5.74, 6) is -0.681. The number of benzene rings is 2. The predicted molar refractivity (Wildman–Crippen MR) is 75.4 cm³/mol. The summed E-state index contributed by atoms with van der Waals surface area (Å²) in [4.78, 5) is 22.7. The van der Waals surface area contributed by atoms with Crippen LogP contribution in [0.4, 0.5) is 5.69 Å². The molecule has 0 radical (unpaired) electrons. The third-order valence-electron chi connectivity index (χ3n) is 2.70. The zero-order valence-electron chi connectivity index (χ0n) is 10.7. The second kappa shape index (κ2) is 5.88. The molecule has 0 fully saturated rings. The van der Waals surface area contributed by atoms with E-state index in [-0.39, 0.29) is 18.1 Å². The normalized spacial score (nSPS) is 10.0. The Kier molecular flexibility index (Phi) is 4.00. The molecule has 102 valence electrons. The second-order valence-corrected chi connectivity index (χ2v) is 4.34. The summed E-state index contributed by atoms with van der Waals surface area (Å²) >= 11 is 0. The molecule has 2 aromatic rings. The number of nitrogens with two attached hydrogens (primary N) is 1. The van der Waals surface area contributed by atoms with Gasteiger partial charge in [-0.3, -0.25) is 9.59 Å². The number of nitrogens with one attached hydrogen (secondary N) is 1. The van der Waals surface area contributed by atoms with Gasteiger partial charge in [0, 0.05) is 11.3 Å². The molecule has 0 atom stereocenters. The topological polar surface area (TPSA) is 92.4 Å². The molecular formula is C15H14N2O3. The Morgan fingerprint density at radius 1 is 1.10 bits per heavy atom. The zero-order chi connectivity index (χ0) is 14.5. The van der Waals surface area contributed by atoms with Crippen LogP contribution in [0.5, 0.6) is 5.75 Å². The Bertz CT molecular complexity index is 636. The lowest BCUT2D eigenvalue weighted by Gasteiger charge is -2.06. The highest BCUT2D eigenvalue weighted by Gasteiger charge is 2.07. The van der Waals surface area contributed by atoms with Crippen LogP contribution >= 0.6 is 0 Å². The van der Waals surface area contributed by atoms with Crippen molar-refractivity contribution in [3.63, 3.8) is 0 Å². The van der Waals surface area contributed by atoms with Gasteiger partial charge in [-0.25, -0.2) is 0 Å². The molecule has 4 N–H and O–H groups in total. The van der Waals surface area contributed by atoms with E-state index in [4.69, 9.17) is 5.73 Å². The zero-order valence-corrected chi connectivity index (χ0v) is 10.7. The lowest BCUT2D eigenvalue weighted by atomic mass is 10.1. The Balaban J connectivity index is 2.06. The van der Waals surface area contributed by atoms with E-state index in [1.165, 1.54) is 12.1 Å². The molecule has 2 amide bonds. The van der Waals surface area contributed by atoms with Crippen LogP contribution in [0.3, 0.4) is 0 Å². The van der Waals surface area contributed by atoms with Crippen molar-refractivity contribution in [1.29, 1.82) is 0 Å². The monoisotopic (exact) mass is 270 g/mol. The first-order valence-electron chi connectivity index (χ1n) is 6.02. The maximum absolute atomic E-state index is 11.9. The number of aromatic hydroxyl groups is 1. The summed E-state index contributed by atoms with van der Waals surface area (Å²) in [7, 11) is 0. The summed E-state index contributed by atoms with van der Waals surface area (Å²) in [6.07, 6.45) is 0.167. The van der Waals surface area contributed by atoms with Crippen LogP contribution in [-0.2, 0) is 11.2 Å². The van der Waals surface area contributed by atoms with Crippen LogP contribution in [0.2, 0.25) is 0 Å². The SMILES string of the molecule is NC(=O)Cc1ccc(NC(=O)c2cccc(O)c2)cc1. The molecule has 0 aliphatic rings. The molecule has 0 spiro atoms. The maximum atomic E-state index is 11.9. The number of carbonyl (C=O) groups excluding carboxylic acids is 2. The molecule has 5 heteroatoms. The molecule has 0 unspecified atom stereocenters. The fraction of sp³-hybridized carbons (Fsp3) is 0.0667. The molecule has 0 saturated carbocycles. The van der Waals surface area contributed by atoms with Gasteiger partial charge in [0.25, 0.3) is 5.91 Å². The molecule has 0 aliphatic heterocycles. The van der Waals surface area contributed by atoms with E-state index in [0.717, 1.165) is 5.56 Å². The molecular weight excluding hydrogens is 256 g/mol. The summed E-state index contributed by atoms with van der Waals surface area (Å²) in [6, 6.07) is 12.9. The van der Waals surface area contributed by atoms with E-state index in [1.807, 2.05) is 0 Å². The van der Waals surface area contributed by atoms with Gasteiger partial charge in [-0.15, -0.1) is 0 Å². The first-order chi connectivity index (χ1) is 9.54. The Labute approximate surface area is 116 Å². The predicted octanol–water partition coefficient (Wildman–Crippen LogP) is 1.67. The molecule has 20 heavy (non-hydrogen) atoms. The summed E-state index contributed by atoms with van der Waals surface area (Å²) < 4.78 is 0. The highest BCUT2D eigenvalue weighted by molar-refractivity contribution is 6.04. The maximum Gasteiger partial charge on any atom is 0.255 e. The van der Waals surface area contributed by atoms with Crippen molar-refractivity contribution in [3.8, 4) is 5.75 Å². The molecule has 0 aromatic heterocycles. The van der Waals surface area contributed by atoms with Gasteiger partial charge < -0.3 is 16.2 Å². The number of rotatable bonds is 4. The highest BCUT2D eigenvalue weighted by Crippen LogP contribution is 2.14. The second-order valence-electron chi connectivity index (χ2n) is 4.34. The van der Waals surface area contributed by atoms with Crippen molar-refractivity contribution in [3.05, 3.63) is 59.7 Å². The quantitative estimate of drug-likeness (QED) is 0.789. The number of primary amides is 1. The van der Waals surface area contributed by atoms with Crippen molar-refractivity contribution in [1.82, 2.24) is 0 Å².